The van der Waals surface area contributed by atoms with Crippen LogP contribution in [0.3, 0.4) is 0 Å². The number of carbonyl (C=O) groups excluding carboxylic acids is 10. The maximum absolute atomic E-state index is 12.5. The van der Waals surface area contributed by atoms with E-state index in [0.29, 0.717) is 46.0 Å². The van der Waals surface area contributed by atoms with Crippen LogP contribution < -0.4 is 43.2 Å². The zero-order valence-electron chi connectivity index (χ0n) is 80.5. The molecule has 6 N–H and O–H groups in total. The highest BCUT2D eigenvalue weighted by Crippen LogP contribution is 2.44. The summed E-state index contributed by atoms with van der Waals surface area (Å²) in [5, 5.41) is 53.6. The first kappa shape index (κ1) is 113. The summed E-state index contributed by atoms with van der Waals surface area (Å²) in [5.41, 5.74) is 8.70. The summed E-state index contributed by atoms with van der Waals surface area (Å²) in [6, 6.07) is 65.5. The number of aliphatic hydroxyl groups excluding tert-OH is 5. The fourth-order valence-corrected chi connectivity index (χ4v) is 13.0. The van der Waals surface area contributed by atoms with Gasteiger partial charge in [0, 0.05) is 68.4 Å². The second-order valence-electron chi connectivity index (χ2n) is 32.7. The van der Waals surface area contributed by atoms with Gasteiger partial charge in [-0.2, -0.15) is 0 Å². The van der Waals surface area contributed by atoms with E-state index in [0.717, 1.165) is 73.9 Å². The molecule has 0 aliphatic heterocycles. The summed E-state index contributed by atoms with van der Waals surface area (Å²) in [4.78, 5) is 117. The Bertz CT molecular complexity index is 5420. The Morgan fingerprint density at radius 3 is 0.746 bits per heavy atom. The highest BCUT2D eigenvalue weighted by atomic mass is 16.6. The van der Waals surface area contributed by atoms with Gasteiger partial charge in [0.05, 0.1) is 6.54 Å². The van der Waals surface area contributed by atoms with E-state index >= 15 is 0 Å². The van der Waals surface area contributed by atoms with Crippen LogP contribution >= 0.6 is 0 Å². The van der Waals surface area contributed by atoms with Gasteiger partial charge < -0.3 is 102 Å². The van der Waals surface area contributed by atoms with Gasteiger partial charge in [-0.25, -0.2) is 47.9 Å². The number of alkyl carbamates (subject to hydrolysis) is 1. The van der Waals surface area contributed by atoms with E-state index in [9.17, 15) is 73.5 Å². The fourth-order valence-electron chi connectivity index (χ4n) is 13.0. The lowest BCUT2D eigenvalue weighted by Crippen LogP contribution is -2.28. The highest BCUT2D eigenvalue weighted by Gasteiger charge is 2.35. The van der Waals surface area contributed by atoms with Crippen molar-refractivity contribution in [1.82, 2.24) is 5.32 Å². The minimum atomic E-state index is -1.05. The third-order valence-electron chi connectivity index (χ3n) is 20.8. The van der Waals surface area contributed by atoms with Crippen LogP contribution in [0.25, 0.3) is 0 Å². The van der Waals surface area contributed by atoms with Gasteiger partial charge in [0.1, 0.15) is 156 Å². The number of nitrogens with one attached hydrogen (secondary N) is 1. The first-order chi connectivity index (χ1) is 67.6. The van der Waals surface area contributed by atoms with Crippen LogP contribution in [0, 0.1) is 0 Å². The lowest BCUT2D eigenvalue weighted by Gasteiger charge is -2.32. The van der Waals surface area contributed by atoms with Gasteiger partial charge in [-0.15, -0.1) is 0 Å². The van der Waals surface area contributed by atoms with Gasteiger partial charge in [-0.05, 0) is 208 Å². The predicted molar refractivity (Wildman–Crippen MR) is 528 cm³/mol. The summed E-state index contributed by atoms with van der Waals surface area (Å²) in [6.45, 7) is 42.8. The molecule has 0 saturated carbocycles. The molecule has 0 bridgehead atoms. The maximum Gasteiger partial charge on any atom is 0.407 e. The average Bonchev–Trinajstić information content (AvgIpc) is 0.764. The largest absolute Gasteiger partial charge is 0.491 e. The lowest BCUT2D eigenvalue weighted by molar-refractivity contribution is -0.143. The molecule has 0 fully saturated rings. The van der Waals surface area contributed by atoms with Crippen molar-refractivity contribution >= 4 is 59.8 Å². The molecular weight excluding hydrogens is 1830 g/mol. The number of hydrogen-bond acceptors (Lipinski definition) is 30. The van der Waals surface area contributed by atoms with Gasteiger partial charge >= 0.3 is 59.8 Å². The number of ether oxygens (including phenoxy) is 15. The van der Waals surface area contributed by atoms with Crippen LogP contribution in [0.5, 0.6) is 46.0 Å². The molecule has 0 heterocycles. The quantitative estimate of drug-likeness (QED) is 0.00515. The standard InChI is InChI=1S/C41H47NO12.C41H48O12.C29H24O6/c1-26(2)38(45)49-20-19-42-41(48)54-21-31-9-7-8-10-36(31)37(29-11-15-34(16-12-29)50-22-32(43)24-52-39(46)27(3)4)30-13-17-35(18-14-30)51-23-33(44)25-53-40(47)28(5)6;1-26(2)38(45)51-23-32(42)20-48-35-14-8-29(9-15-35)41(7,30-10-16-36(17-11-30)49-21-33(43)24-52-39(46)27(3)4)31-12-18-37(19-13-31)50-22-34(44)25-53-40(47)28(5)6;1-5-26(30)33-23-14-8-20(9-15-23)29(4,21-10-16-24(17-11-21)34-27(31)6-2)22-12-18-25(19-13-22)35-28(32)7-3/h7-18,32-33,37,43-44H,1,3,5,19-25H2,2,4,6H3,(H,42,48);8-19,32-34,42-44H,1,3,5,20-25H2,2,4,6-7H3;5-19H,1-3H2,4H3. The normalized spacial score (nSPS) is 12.3. The number of hydrogen-bond donors (Lipinski definition) is 6. The molecule has 9 aromatic rings. The minimum absolute atomic E-state index is 0.0400. The van der Waals surface area contributed by atoms with Crippen molar-refractivity contribution in [2.45, 2.75) is 109 Å². The molecule has 1 amide bonds. The van der Waals surface area contributed by atoms with E-state index in [2.05, 4.69) is 64.5 Å². The topological polar surface area (TPSA) is 422 Å². The highest BCUT2D eigenvalue weighted by molar-refractivity contribution is 5.90. The zero-order chi connectivity index (χ0) is 104. The van der Waals surface area contributed by atoms with Gasteiger partial charge in [-0.1, -0.05) is 181 Å². The summed E-state index contributed by atoms with van der Waals surface area (Å²) in [7, 11) is 0. The number of esters is 9. The van der Waals surface area contributed by atoms with Gasteiger partial charge in [0.15, 0.2) is 0 Å². The summed E-state index contributed by atoms with van der Waals surface area (Å²) >= 11 is 0. The average molecular weight is 1950 g/mol. The number of benzene rings is 9. The molecule has 5 unspecified atom stereocenters. The second kappa shape index (κ2) is 56.7. The Labute approximate surface area is 824 Å². The molecule has 5 atom stereocenters. The molecule has 0 aromatic heterocycles. The minimum Gasteiger partial charge on any atom is -0.491 e. The Morgan fingerprint density at radius 1 is 0.296 bits per heavy atom. The predicted octanol–water partition coefficient (Wildman–Crippen LogP) is 14.9. The first-order valence-electron chi connectivity index (χ1n) is 44.5. The van der Waals surface area contributed by atoms with Gasteiger partial charge in [-0.3, -0.25) is 0 Å². The Morgan fingerprint density at radius 2 is 0.514 bits per heavy atom. The smallest absolute Gasteiger partial charge is 0.407 e. The maximum atomic E-state index is 12.5. The SMILES string of the molecule is C=C(C)C(=O)OCC(O)COc1ccc(C(C)(c2ccc(OCC(O)COC(=O)C(=C)C)cc2)c2ccc(OCC(O)COC(=O)C(=C)C)cc2)cc1.C=C(C)C(=O)OCCNC(=O)OCc1ccccc1C(c1ccc(OCC(O)COC(=O)C(=C)C)cc1)c1ccc(OCC(O)COC(=O)C(=C)C)cc1.C=CC(=O)Oc1ccc(C(C)(c2ccc(OC(=O)C=C)cc2)c2ccc(OC(=O)C=C)cc2)cc1. The molecule has 748 valence electrons. The molecule has 0 saturated heterocycles. The molecule has 9 aromatic carbocycles. The Balaban J connectivity index is 0.000000296. The zero-order valence-corrected chi connectivity index (χ0v) is 80.5. The van der Waals surface area contributed by atoms with E-state index in [1.807, 2.05) is 135 Å². The van der Waals surface area contributed by atoms with Crippen molar-refractivity contribution in [3.63, 3.8) is 0 Å². The molecule has 0 aliphatic carbocycles. The lowest BCUT2D eigenvalue weighted by atomic mass is 9.71. The van der Waals surface area contributed by atoms with E-state index in [1.54, 1.807) is 97.1 Å². The Hall–Kier alpha value is -16.1. The van der Waals surface area contributed by atoms with Crippen molar-refractivity contribution in [2.75, 3.05) is 79.2 Å². The molecule has 31 nitrogen and oxygen atoms in total. The van der Waals surface area contributed by atoms with E-state index in [1.165, 1.54) is 41.5 Å². The molecular formula is C111H119NO30. The molecule has 0 aliphatic rings. The van der Waals surface area contributed by atoms with Crippen LogP contribution in [0.4, 0.5) is 4.79 Å². The van der Waals surface area contributed by atoms with Crippen LogP contribution in [0.2, 0.25) is 0 Å². The number of carbonyl (C=O) groups is 10. The van der Waals surface area contributed by atoms with Gasteiger partial charge in [0.25, 0.3) is 0 Å². The van der Waals surface area contributed by atoms with Crippen LogP contribution in [0.15, 0.2) is 329 Å². The molecule has 0 radical (unpaired) electrons. The van der Waals surface area contributed by atoms with Crippen LogP contribution in [0.1, 0.15) is 117 Å². The monoisotopic (exact) mass is 1950 g/mol. The summed E-state index contributed by atoms with van der Waals surface area (Å²) in [6.07, 6.45) is -2.62. The molecule has 9 rings (SSSR count). The van der Waals surface area contributed by atoms with Crippen molar-refractivity contribution in [2.24, 2.45) is 0 Å². The third kappa shape index (κ3) is 36.4. The number of rotatable bonds is 51. The van der Waals surface area contributed by atoms with E-state index in [-0.39, 0.29) is 125 Å². The molecule has 142 heavy (non-hydrogen) atoms. The second-order valence-corrected chi connectivity index (χ2v) is 32.7. The Kier molecular flexibility index (Phi) is 45.1. The van der Waals surface area contributed by atoms with Crippen molar-refractivity contribution in [1.29, 1.82) is 0 Å². The van der Waals surface area contributed by atoms with Crippen molar-refractivity contribution < 1.29 is 145 Å². The van der Waals surface area contributed by atoms with Crippen LogP contribution in [-0.4, -0.2) is 195 Å². The molecule has 0 spiro atoms. The summed E-state index contributed by atoms with van der Waals surface area (Å²) in [5.74, 6) is -1.94. The third-order valence-corrected chi connectivity index (χ3v) is 20.8. The van der Waals surface area contributed by atoms with Crippen LogP contribution in [-0.2, 0) is 93.7 Å². The summed E-state index contributed by atoms with van der Waals surface area (Å²) < 4.78 is 79.8. The number of amides is 1. The first-order valence-corrected chi connectivity index (χ1v) is 44.5. The van der Waals surface area contributed by atoms with Gasteiger partial charge in [0.2, 0.25) is 0 Å². The van der Waals surface area contributed by atoms with Crippen molar-refractivity contribution in [3.8, 4) is 46.0 Å². The fraction of sp³-hybridized carbons (Fsp3) is 0.261. The molecule has 31 heteroatoms. The van der Waals surface area contributed by atoms with E-state index < -0.39 is 101 Å². The van der Waals surface area contributed by atoms with E-state index in [4.69, 9.17) is 71.1 Å². The van der Waals surface area contributed by atoms with Crippen molar-refractivity contribution in [3.05, 3.63) is 385 Å². The number of aliphatic hydroxyl groups is 5.